The normalized spacial score (nSPS) is 14.9. The van der Waals surface area contributed by atoms with E-state index in [1.54, 1.807) is 36.4 Å². The van der Waals surface area contributed by atoms with E-state index in [-0.39, 0.29) is 11.8 Å². The Morgan fingerprint density at radius 3 is 1.96 bits per heavy atom. The second kappa shape index (κ2) is 6.16. The minimum absolute atomic E-state index is 0.0573. The fourth-order valence-electron chi connectivity index (χ4n) is 2.32. The van der Waals surface area contributed by atoms with E-state index in [4.69, 9.17) is 9.47 Å². The van der Waals surface area contributed by atoms with Crippen LogP contribution in [0.15, 0.2) is 53.0 Å². The number of methoxy groups -OCH3 is 1. The van der Waals surface area contributed by atoms with Crippen LogP contribution in [0.4, 0.5) is 0 Å². The molecule has 4 nitrogen and oxygen atoms in total. The third kappa shape index (κ3) is 3.29. The largest absolute Gasteiger partial charge is 0.476 e. The van der Waals surface area contributed by atoms with Crippen molar-refractivity contribution in [3.63, 3.8) is 0 Å². The predicted molar refractivity (Wildman–Crippen MR) is 88.6 cm³/mol. The van der Waals surface area contributed by atoms with Crippen molar-refractivity contribution in [3.05, 3.63) is 64.1 Å². The molecule has 0 unspecified atom stereocenters. The number of rotatable bonds is 5. The summed E-state index contributed by atoms with van der Waals surface area (Å²) < 4.78 is 11.4. The molecule has 0 aromatic heterocycles. The van der Waals surface area contributed by atoms with E-state index in [2.05, 4.69) is 15.9 Å². The van der Waals surface area contributed by atoms with Gasteiger partial charge in [-0.2, -0.15) is 0 Å². The van der Waals surface area contributed by atoms with Gasteiger partial charge in [0.1, 0.15) is 5.75 Å². The van der Waals surface area contributed by atoms with Crippen LogP contribution in [0.3, 0.4) is 0 Å². The number of benzene rings is 2. The van der Waals surface area contributed by atoms with E-state index in [1.165, 1.54) is 7.11 Å². The summed E-state index contributed by atoms with van der Waals surface area (Å²) in [6.07, 6.45) is 1.30. The Bertz CT molecular complexity index is 731. The number of esters is 1. The van der Waals surface area contributed by atoms with Crippen molar-refractivity contribution in [2.75, 3.05) is 7.11 Å². The molecule has 1 fully saturated rings. The van der Waals surface area contributed by atoms with Gasteiger partial charge in [0.05, 0.1) is 7.11 Å². The predicted octanol–water partition coefficient (Wildman–Crippen LogP) is 3.76. The fourth-order valence-corrected chi connectivity index (χ4v) is 2.58. The second-order valence-electron chi connectivity index (χ2n) is 5.45. The summed E-state index contributed by atoms with van der Waals surface area (Å²) in [5, 5.41) is 0. The minimum Gasteiger partial charge on any atom is -0.476 e. The van der Waals surface area contributed by atoms with Crippen LogP contribution in [0.1, 0.15) is 28.8 Å². The summed E-state index contributed by atoms with van der Waals surface area (Å²) in [4.78, 5) is 24.1. The Hall–Kier alpha value is -2.14. The van der Waals surface area contributed by atoms with E-state index < -0.39 is 5.60 Å². The number of carbonyl (C=O) groups excluding carboxylic acids is 2. The van der Waals surface area contributed by atoms with Gasteiger partial charge in [-0.05, 0) is 48.5 Å². The summed E-state index contributed by atoms with van der Waals surface area (Å²) in [5.74, 6) is 0.144. The molecule has 3 rings (SSSR count). The highest BCUT2D eigenvalue weighted by Crippen LogP contribution is 2.41. The lowest BCUT2D eigenvalue weighted by Gasteiger charge is -2.15. The molecule has 0 atom stereocenters. The molecule has 0 radical (unpaired) electrons. The molecule has 0 heterocycles. The average Bonchev–Trinajstić information content (AvgIpc) is 3.35. The SMILES string of the molecule is COC(=O)C1(Oc2ccc(C(=O)c3ccc(Br)cc3)cc2)CC1. The average molecular weight is 375 g/mol. The van der Waals surface area contributed by atoms with Crippen LogP contribution in [0.2, 0.25) is 0 Å². The number of hydrogen-bond acceptors (Lipinski definition) is 4. The monoisotopic (exact) mass is 374 g/mol. The van der Waals surface area contributed by atoms with Crippen LogP contribution >= 0.6 is 15.9 Å². The van der Waals surface area contributed by atoms with E-state index in [9.17, 15) is 9.59 Å². The molecule has 1 aliphatic rings. The molecule has 1 saturated carbocycles. The lowest BCUT2D eigenvalue weighted by Crippen LogP contribution is -2.30. The number of carbonyl (C=O) groups is 2. The van der Waals surface area contributed by atoms with Gasteiger partial charge in [-0.1, -0.05) is 15.9 Å². The molecule has 0 saturated heterocycles. The number of halogens is 1. The van der Waals surface area contributed by atoms with Gasteiger partial charge in [0.25, 0.3) is 0 Å². The van der Waals surface area contributed by atoms with Crippen molar-refractivity contribution in [2.45, 2.75) is 18.4 Å². The Morgan fingerprint density at radius 1 is 0.957 bits per heavy atom. The van der Waals surface area contributed by atoms with Crippen molar-refractivity contribution in [1.29, 1.82) is 0 Å². The highest BCUT2D eigenvalue weighted by Gasteiger charge is 2.54. The first-order chi connectivity index (χ1) is 11.0. The lowest BCUT2D eigenvalue weighted by atomic mass is 10.0. The molecule has 118 valence electrons. The Kier molecular flexibility index (Phi) is 4.22. The molecular weight excluding hydrogens is 360 g/mol. The second-order valence-corrected chi connectivity index (χ2v) is 6.36. The van der Waals surface area contributed by atoms with Gasteiger partial charge in [-0.15, -0.1) is 0 Å². The molecule has 2 aromatic rings. The quantitative estimate of drug-likeness (QED) is 0.590. The Labute approximate surface area is 142 Å². The van der Waals surface area contributed by atoms with Crippen molar-refractivity contribution in [2.24, 2.45) is 0 Å². The maximum Gasteiger partial charge on any atom is 0.350 e. The van der Waals surface area contributed by atoms with Crippen LogP contribution < -0.4 is 4.74 Å². The summed E-state index contributed by atoms with van der Waals surface area (Å²) in [7, 11) is 1.35. The Morgan fingerprint density at radius 2 is 1.48 bits per heavy atom. The third-order valence-corrected chi connectivity index (χ3v) is 4.33. The standard InChI is InChI=1S/C18H15BrO4/c1-22-17(21)18(10-11-18)23-15-8-4-13(5-9-15)16(20)12-2-6-14(19)7-3-12/h2-9H,10-11H2,1H3. The topological polar surface area (TPSA) is 52.6 Å². The van der Waals surface area contributed by atoms with E-state index in [1.807, 2.05) is 12.1 Å². The smallest absolute Gasteiger partial charge is 0.350 e. The molecule has 5 heteroatoms. The van der Waals surface area contributed by atoms with Gasteiger partial charge >= 0.3 is 5.97 Å². The molecule has 1 aliphatic carbocycles. The van der Waals surface area contributed by atoms with Crippen molar-refractivity contribution >= 4 is 27.7 Å². The zero-order valence-corrected chi connectivity index (χ0v) is 14.1. The molecular formula is C18H15BrO4. The molecule has 2 aromatic carbocycles. The van der Waals surface area contributed by atoms with Crippen molar-refractivity contribution < 1.29 is 19.1 Å². The van der Waals surface area contributed by atoms with E-state index in [0.717, 1.165) is 4.47 Å². The minimum atomic E-state index is -0.841. The summed E-state index contributed by atoms with van der Waals surface area (Å²) in [5.41, 5.74) is 0.351. The highest BCUT2D eigenvalue weighted by molar-refractivity contribution is 9.10. The van der Waals surface area contributed by atoms with Gasteiger partial charge in [0, 0.05) is 28.4 Å². The molecule has 23 heavy (non-hydrogen) atoms. The van der Waals surface area contributed by atoms with Gasteiger partial charge in [0.2, 0.25) is 5.60 Å². The Balaban J connectivity index is 1.73. The van der Waals surface area contributed by atoms with Crippen molar-refractivity contribution in [3.8, 4) is 5.75 Å². The first kappa shape index (κ1) is 15.7. The van der Waals surface area contributed by atoms with Crippen LogP contribution in [-0.4, -0.2) is 24.5 Å². The van der Waals surface area contributed by atoms with Gasteiger partial charge in [0.15, 0.2) is 5.78 Å². The summed E-state index contributed by atoms with van der Waals surface area (Å²) >= 11 is 3.35. The van der Waals surface area contributed by atoms with Crippen LogP contribution in [0.5, 0.6) is 5.75 Å². The van der Waals surface area contributed by atoms with Crippen LogP contribution in [0.25, 0.3) is 0 Å². The van der Waals surface area contributed by atoms with Crippen LogP contribution in [0, 0.1) is 0 Å². The van der Waals surface area contributed by atoms with Gasteiger partial charge in [-0.25, -0.2) is 4.79 Å². The van der Waals surface area contributed by atoms with E-state index in [0.29, 0.717) is 29.7 Å². The molecule has 0 amide bonds. The summed E-state index contributed by atoms with van der Waals surface area (Å²) in [6, 6.07) is 14.0. The fraction of sp³-hybridized carbons (Fsp3) is 0.222. The zero-order chi connectivity index (χ0) is 16.4. The molecule has 0 spiro atoms. The molecule has 0 bridgehead atoms. The zero-order valence-electron chi connectivity index (χ0n) is 12.5. The highest BCUT2D eigenvalue weighted by atomic mass is 79.9. The van der Waals surface area contributed by atoms with Crippen molar-refractivity contribution in [1.82, 2.24) is 0 Å². The summed E-state index contributed by atoms with van der Waals surface area (Å²) in [6.45, 7) is 0. The van der Waals surface area contributed by atoms with Gasteiger partial charge < -0.3 is 9.47 Å². The first-order valence-electron chi connectivity index (χ1n) is 7.22. The number of ether oxygens (including phenoxy) is 2. The lowest BCUT2D eigenvalue weighted by molar-refractivity contribution is -0.151. The third-order valence-electron chi connectivity index (χ3n) is 3.80. The maximum absolute atomic E-state index is 12.4. The number of ketones is 1. The molecule has 0 aliphatic heterocycles. The number of hydrogen-bond donors (Lipinski definition) is 0. The van der Waals surface area contributed by atoms with Crippen LogP contribution in [-0.2, 0) is 9.53 Å². The maximum atomic E-state index is 12.4. The first-order valence-corrected chi connectivity index (χ1v) is 8.01. The molecule has 0 N–H and O–H groups in total. The van der Waals surface area contributed by atoms with E-state index >= 15 is 0 Å². The van der Waals surface area contributed by atoms with Gasteiger partial charge in [-0.3, -0.25) is 4.79 Å².